The lowest BCUT2D eigenvalue weighted by molar-refractivity contribution is 0.177. The molecule has 0 aromatic carbocycles. The number of rotatable bonds is 3. The van der Waals surface area contributed by atoms with Crippen LogP contribution in [0.5, 0.6) is 0 Å². The van der Waals surface area contributed by atoms with Crippen LogP contribution in [0.15, 0.2) is 10.9 Å². The van der Waals surface area contributed by atoms with Gasteiger partial charge in [0, 0.05) is 19.2 Å². The van der Waals surface area contributed by atoms with Crippen LogP contribution in [0, 0.1) is 0 Å². The van der Waals surface area contributed by atoms with Crippen molar-refractivity contribution < 1.29 is 4.74 Å². The van der Waals surface area contributed by atoms with Crippen molar-refractivity contribution in [3.63, 3.8) is 0 Å². The van der Waals surface area contributed by atoms with Crippen molar-refractivity contribution in [2.45, 2.75) is 19.6 Å². The number of nitrogens with zero attached hydrogens (tertiary/aromatic N) is 1. The van der Waals surface area contributed by atoms with E-state index >= 15 is 0 Å². The molecule has 0 amide bonds. The average Bonchev–Trinajstić information content (AvgIpc) is 2.03. The normalized spacial score (nSPS) is 12.8. The van der Waals surface area contributed by atoms with Crippen molar-refractivity contribution in [3.8, 4) is 0 Å². The molecule has 5 nitrogen and oxygen atoms in total. The summed E-state index contributed by atoms with van der Waals surface area (Å²) in [6, 6.07) is 1.15. The van der Waals surface area contributed by atoms with E-state index in [9.17, 15) is 4.79 Å². The van der Waals surface area contributed by atoms with Gasteiger partial charge in [-0.05, 0) is 6.92 Å². The summed E-state index contributed by atoms with van der Waals surface area (Å²) in [4.78, 5) is 17.8. The van der Waals surface area contributed by atoms with E-state index in [0.717, 1.165) is 0 Å². The van der Waals surface area contributed by atoms with Gasteiger partial charge in [0.15, 0.2) is 0 Å². The van der Waals surface area contributed by atoms with E-state index in [1.807, 2.05) is 0 Å². The first-order chi connectivity index (χ1) is 6.13. The van der Waals surface area contributed by atoms with E-state index in [4.69, 9.17) is 10.5 Å². The van der Waals surface area contributed by atoms with Gasteiger partial charge in [-0.15, -0.1) is 0 Å². The minimum absolute atomic E-state index is 0.200. The van der Waals surface area contributed by atoms with Crippen molar-refractivity contribution in [2.24, 2.45) is 5.73 Å². The predicted octanol–water partition coefficient (Wildman–Crippen LogP) is -0.0640. The van der Waals surface area contributed by atoms with E-state index in [1.54, 1.807) is 14.0 Å². The topological polar surface area (TPSA) is 81.0 Å². The zero-order chi connectivity index (χ0) is 9.84. The standard InChI is InChI=1S/C8H13N3O2/c1-5(9)6-3-8(12)11-7(10-6)4-13-2/h3,5H,4,9H2,1-2H3,(H,10,11,12). The van der Waals surface area contributed by atoms with Crippen LogP contribution in [0.25, 0.3) is 0 Å². The number of ether oxygens (including phenoxy) is 1. The highest BCUT2D eigenvalue weighted by atomic mass is 16.5. The Bertz CT molecular complexity index is 332. The molecule has 1 aromatic heterocycles. The van der Waals surface area contributed by atoms with Crippen LogP contribution in [0.1, 0.15) is 24.5 Å². The van der Waals surface area contributed by atoms with Crippen LogP contribution in [0.2, 0.25) is 0 Å². The molecule has 5 heteroatoms. The molecule has 3 N–H and O–H groups in total. The number of H-pyrrole nitrogens is 1. The van der Waals surface area contributed by atoms with Crippen LogP contribution in [0.3, 0.4) is 0 Å². The van der Waals surface area contributed by atoms with Crippen LogP contribution in [0.4, 0.5) is 0 Å². The quantitative estimate of drug-likeness (QED) is 0.687. The maximum atomic E-state index is 11.1. The molecular weight excluding hydrogens is 170 g/mol. The number of aromatic nitrogens is 2. The van der Waals surface area contributed by atoms with Crippen LogP contribution < -0.4 is 11.3 Å². The highest BCUT2D eigenvalue weighted by molar-refractivity contribution is 5.05. The monoisotopic (exact) mass is 183 g/mol. The van der Waals surface area contributed by atoms with Gasteiger partial charge in [0.05, 0.1) is 5.69 Å². The van der Waals surface area contributed by atoms with Crippen molar-refractivity contribution in [3.05, 3.63) is 27.9 Å². The molecule has 1 aromatic rings. The summed E-state index contributed by atoms with van der Waals surface area (Å²) in [5.41, 5.74) is 5.97. The maximum Gasteiger partial charge on any atom is 0.251 e. The summed E-state index contributed by atoms with van der Waals surface area (Å²) in [6.07, 6.45) is 0. The van der Waals surface area contributed by atoms with Gasteiger partial charge in [-0.3, -0.25) is 4.79 Å². The Kier molecular flexibility index (Phi) is 3.16. The Hall–Kier alpha value is -1.20. The van der Waals surface area contributed by atoms with Crippen molar-refractivity contribution in [2.75, 3.05) is 7.11 Å². The first kappa shape index (κ1) is 9.88. The molecule has 72 valence electrons. The Morgan fingerprint density at radius 1 is 1.77 bits per heavy atom. The Morgan fingerprint density at radius 3 is 3.00 bits per heavy atom. The number of hydrogen-bond donors (Lipinski definition) is 2. The van der Waals surface area contributed by atoms with Crippen LogP contribution >= 0.6 is 0 Å². The van der Waals surface area contributed by atoms with Gasteiger partial charge < -0.3 is 15.5 Å². The summed E-state index contributed by atoms with van der Waals surface area (Å²) >= 11 is 0. The van der Waals surface area contributed by atoms with E-state index in [0.29, 0.717) is 11.5 Å². The van der Waals surface area contributed by atoms with Gasteiger partial charge in [0.1, 0.15) is 12.4 Å². The third-order valence-corrected chi connectivity index (χ3v) is 1.56. The molecule has 13 heavy (non-hydrogen) atoms. The molecule has 0 bridgehead atoms. The maximum absolute atomic E-state index is 11.1. The van der Waals surface area contributed by atoms with Crippen molar-refractivity contribution in [1.29, 1.82) is 0 Å². The highest BCUT2D eigenvalue weighted by Crippen LogP contribution is 2.02. The van der Waals surface area contributed by atoms with E-state index in [2.05, 4.69) is 9.97 Å². The molecule has 1 heterocycles. The third-order valence-electron chi connectivity index (χ3n) is 1.56. The second-order valence-corrected chi connectivity index (χ2v) is 2.84. The predicted molar refractivity (Wildman–Crippen MR) is 48.2 cm³/mol. The number of aromatic amines is 1. The van der Waals surface area contributed by atoms with Crippen molar-refractivity contribution in [1.82, 2.24) is 9.97 Å². The van der Waals surface area contributed by atoms with Gasteiger partial charge in [-0.25, -0.2) is 4.98 Å². The molecule has 0 spiro atoms. The second-order valence-electron chi connectivity index (χ2n) is 2.84. The molecule has 0 aliphatic heterocycles. The lowest BCUT2D eigenvalue weighted by Crippen LogP contribution is -2.17. The third kappa shape index (κ3) is 2.64. The van der Waals surface area contributed by atoms with Gasteiger partial charge in [0.25, 0.3) is 5.56 Å². The minimum atomic E-state index is -0.238. The molecule has 0 aliphatic carbocycles. The highest BCUT2D eigenvalue weighted by Gasteiger charge is 2.04. The van der Waals surface area contributed by atoms with E-state index < -0.39 is 0 Å². The molecule has 0 radical (unpaired) electrons. The largest absolute Gasteiger partial charge is 0.377 e. The van der Waals surface area contributed by atoms with E-state index in [1.165, 1.54) is 6.07 Å². The average molecular weight is 183 g/mol. The van der Waals surface area contributed by atoms with E-state index in [-0.39, 0.29) is 18.2 Å². The first-order valence-corrected chi connectivity index (χ1v) is 3.98. The molecule has 1 atom stereocenters. The van der Waals surface area contributed by atoms with Crippen molar-refractivity contribution >= 4 is 0 Å². The molecule has 0 saturated heterocycles. The lowest BCUT2D eigenvalue weighted by atomic mass is 10.2. The SMILES string of the molecule is COCc1nc(C(C)N)cc(=O)[nH]1. The molecule has 0 saturated carbocycles. The smallest absolute Gasteiger partial charge is 0.251 e. The van der Waals surface area contributed by atoms with Crippen LogP contribution in [-0.4, -0.2) is 17.1 Å². The molecule has 1 unspecified atom stereocenters. The lowest BCUT2D eigenvalue weighted by Gasteiger charge is -2.05. The Morgan fingerprint density at radius 2 is 2.46 bits per heavy atom. The minimum Gasteiger partial charge on any atom is -0.377 e. The Balaban J connectivity index is 3.04. The van der Waals surface area contributed by atoms with Gasteiger partial charge >= 0.3 is 0 Å². The zero-order valence-corrected chi connectivity index (χ0v) is 7.70. The molecule has 1 rings (SSSR count). The zero-order valence-electron chi connectivity index (χ0n) is 7.70. The summed E-state index contributed by atoms with van der Waals surface area (Å²) in [5, 5.41) is 0. The number of methoxy groups -OCH3 is 1. The molecule has 0 aliphatic rings. The van der Waals surface area contributed by atoms with Gasteiger partial charge in [-0.2, -0.15) is 0 Å². The Labute approximate surface area is 75.9 Å². The second kappa shape index (κ2) is 4.15. The summed E-state index contributed by atoms with van der Waals surface area (Å²) < 4.78 is 4.84. The van der Waals surface area contributed by atoms with Gasteiger partial charge in [-0.1, -0.05) is 0 Å². The summed E-state index contributed by atoms with van der Waals surface area (Å²) in [7, 11) is 1.54. The molecule has 0 fully saturated rings. The number of nitrogens with two attached hydrogens (primary N) is 1. The molecular formula is C8H13N3O2. The summed E-state index contributed by atoms with van der Waals surface area (Å²) in [5.74, 6) is 0.502. The summed E-state index contributed by atoms with van der Waals surface area (Å²) in [6.45, 7) is 2.06. The van der Waals surface area contributed by atoms with Gasteiger partial charge in [0.2, 0.25) is 0 Å². The number of hydrogen-bond acceptors (Lipinski definition) is 4. The fourth-order valence-electron chi connectivity index (χ4n) is 0.967. The fourth-order valence-corrected chi connectivity index (χ4v) is 0.967. The van der Waals surface area contributed by atoms with Crippen LogP contribution in [-0.2, 0) is 11.3 Å². The first-order valence-electron chi connectivity index (χ1n) is 3.98. The fraction of sp³-hybridized carbons (Fsp3) is 0.500. The number of nitrogens with one attached hydrogen (secondary N) is 1.